The minimum absolute atomic E-state index is 0.260. The van der Waals surface area contributed by atoms with Gasteiger partial charge in [0.05, 0.1) is 5.56 Å². The molecule has 0 saturated heterocycles. The van der Waals surface area contributed by atoms with Gasteiger partial charge in [-0.3, -0.25) is 18.7 Å². The number of nitrogens with two attached hydrogens (primary N) is 1. The number of aromatic nitrogens is 2. The molecule has 0 unspecified atom stereocenters. The Labute approximate surface area is 165 Å². The lowest BCUT2D eigenvalue weighted by atomic mass is 10.00. The van der Waals surface area contributed by atoms with E-state index in [4.69, 9.17) is 10.5 Å². The number of nitrogens with zero attached hydrogens (tertiary/aromatic N) is 2. The smallest absolute Gasteiger partial charge is 0.339 e. The second kappa shape index (κ2) is 6.73. The fourth-order valence-electron chi connectivity index (χ4n) is 3.83. The monoisotopic (exact) mass is 393 g/mol. The fraction of sp³-hybridized carbons (Fsp3) is 0.238. The van der Waals surface area contributed by atoms with Crippen molar-refractivity contribution in [3.05, 3.63) is 73.4 Å². The molecule has 1 aromatic heterocycles. The molecule has 0 bridgehead atoms. The van der Waals surface area contributed by atoms with E-state index < -0.39 is 29.6 Å². The summed E-state index contributed by atoms with van der Waals surface area (Å²) in [5.74, 6) is -1.68. The van der Waals surface area contributed by atoms with Gasteiger partial charge < -0.3 is 10.5 Å². The molecule has 1 heterocycles. The highest BCUT2D eigenvalue weighted by Gasteiger charge is 2.23. The number of ketones is 1. The van der Waals surface area contributed by atoms with E-state index in [1.807, 2.05) is 24.3 Å². The second-order valence-corrected chi connectivity index (χ2v) is 7.08. The maximum absolute atomic E-state index is 12.7. The van der Waals surface area contributed by atoms with Crippen LogP contribution in [0.5, 0.6) is 0 Å². The Kier molecular flexibility index (Phi) is 4.34. The Hall–Kier alpha value is -3.68. The molecule has 0 atom stereocenters. The first-order valence-electron chi connectivity index (χ1n) is 9.10. The third kappa shape index (κ3) is 2.84. The third-order valence-electron chi connectivity index (χ3n) is 5.42. The van der Waals surface area contributed by atoms with Crippen molar-refractivity contribution < 1.29 is 14.3 Å². The Morgan fingerprint density at radius 2 is 1.72 bits per heavy atom. The van der Waals surface area contributed by atoms with Crippen molar-refractivity contribution >= 4 is 28.3 Å². The number of carbonyl (C=O) groups excluding carboxylic acids is 2. The number of hydrogen-bond acceptors (Lipinski definition) is 6. The molecule has 3 aromatic rings. The molecule has 29 heavy (non-hydrogen) atoms. The number of nitrogen functional groups attached to an aromatic ring is 1. The summed E-state index contributed by atoms with van der Waals surface area (Å²) in [6.07, 6.45) is 1.86. The quantitative estimate of drug-likeness (QED) is 0.522. The highest BCUT2D eigenvalue weighted by atomic mass is 16.5. The molecule has 0 amide bonds. The standard InChI is InChI=1S/C21H19N3O5/c1-23-18(22)17(19(26)24(2)21(23)28)15(25)10-29-20(27)14-9-8-12-7-6-11-4-3-5-13(14)16(11)12/h3-5,8-9H,6-7,10,22H2,1-2H3. The van der Waals surface area contributed by atoms with Crippen LogP contribution in [-0.4, -0.2) is 27.5 Å². The molecule has 0 spiro atoms. The number of benzene rings is 2. The van der Waals surface area contributed by atoms with E-state index in [9.17, 15) is 19.2 Å². The van der Waals surface area contributed by atoms with Crippen LogP contribution < -0.4 is 17.0 Å². The summed E-state index contributed by atoms with van der Waals surface area (Å²) in [7, 11) is 2.60. The van der Waals surface area contributed by atoms with Crippen LogP contribution >= 0.6 is 0 Å². The van der Waals surface area contributed by atoms with Gasteiger partial charge >= 0.3 is 11.7 Å². The summed E-state index contributed by atoms with van der Waals surface area (Å²) in [4.78, 5) is 49.3. The van der Waals surface area contributed by atoms with E-state index in [2.05, 4.69) is 0 Å². The second-order valence-electron chi connectivity index (χ2n) is 7.08. The molecular weight excluding hydrogens is 374 g/mol. The number of Topliss-reactive ketones (excluding diaryl/α,β-unsaturated/α-hetero) is 1. The largest absolute Gasteiger partial charge is 0.454 e. The van der Waals surface area contributed by atoms with Gasteiger partial charge in [0.15, 0.2) is 6.61 Å². The zero-order valence-electron chi connectivity index (χ0n) is 16.0. The molecule has 2 N–H and O–H groups in total. The van der Waals surface area contributed by atoms with Crippen LogP contribution in [0.1, 0.15) is 31.8 Å². The Morgan fingerprint density at radius 1 is 1.03 bits per heavy atom. The summed E-state index contributed by atoms with van der Waals surface area (Å²) in [5, 5.41) is 1.84. The zero-order valence-corrected chi connectivity index (χ0v) is 16.0. The molecule has 0 fully saturated rings. The Balaban J connectivity index is 1.63. The van der Waals surface area contributed by atoms with Crippen molar-refractivity contribution in [3.63, 3.8) is 0 Å². The summed E-state index contributed by atoms with van der Waals surface area (Å²) < 4.78 is 6.98. The van der Waals surface area contributed by atoms with Crippen LogP contribution in [-0.2, 0) is 31.7 Å². The zero-order chi connectivity index (χ0) is 20.9. The SMILES string of the molecule is Cn1c(N)c(C(=O)COC(=O)c2ccc3c4c(cccc24)CC3)c(=O)n(C)c1=O. The first-order valence-corrected chi connectivity index (χ1v) is 9.10. The molecule has 0 saturated carbocycles. The number of rotatable bonds is 4. The van der Waals surface area contributed by atoms with Gasteiger partial charge in [0.25, 0.3) is 5.56 Å². The van der Waals surface area contributed by atoms with Gasteiger partial charge in [-0.2, -0.15) is 0 Å². The molecule has 148 valence electrons. The van der Waals surface area contributed by atoms with E-state index in [1.165, 1.54) is 25.2 Å². The summed E-state index contributed by atoms with van der Waals surface area (Å²) in [6, 6.07) is 9.38. The van der Waals surface area contributed by atoms with E-state index in [0.717, 1.165) is 32.7 Å². The average Bonchev–Trinajstić information content (AvgIpc) is 3.14. The molecule has 0 radical (unpaired) electrons. The predicted octanol–water partition coefficient (Wildman–Crippen LogP) is 0.958. The maximum atomic E-state index is 12.7. The number of ether oxygens (including phenoxy) is 1. The van der Waals surface area contributed by atoms with E-state index in [-0.39, 0.29) is 11.4 Å². The number of hydrogen-bond donors (Lipinski definition) is 1. The molecule has 8 nitrogen and oxygen atoms in total. The van der Waals surface area contributed by atoms with Gasteiger partial charge in [-0.25, -0.2) is 9.59 Å². The molecule has 1 aliphatic rings. The van der Waals surface area contributed by atoms with Crippen LogP contribution in [0.2, 0.25) is 0 Å². The Bertz CT molecular complexity index is 1310. The van der Waals surface area contributed by atoms with E-state index in [1.54, 1.807) is 6.07 Å². The summed E-state index contributed by atoms with van der Waals surface area (Å²) >= 11 is 0. The molecular formula is C21H19N3O5. The van der Waals surface area contributed by atoms with Crippen LogP contribution in [0.25, 0.3) is 10.8 Å². The summed E-state index contributed by atoms with van der Waals surface area (Å²) in [6.45, 7) is -0.653. The number of esters is 1. The van der Waals surface area contributed by atoms with E-state index >= 15 is 0 Å². The minimum atomic E-state index is -0.822. The van der Waals surface area contributed by atoms with Crippen LogP contribution in [0.4, 0.5) is 5.82 Å². The highest BCUT2D eigenvalue weighted by molar-refractivity contribution is 6.08. The fourth-order valence-corrected chi connectivity index (χ4v) is 3.83. The average molecular weight is 393 g/mol. The predicted molar refractivity (Wildman–Crippen MR) is 107 cm³/mol. The van der Waals surface area contributed by atoms with Crippen molar-refractivity contribution in [3.8, 4) is 0 Å². The van der Waals surface area contributed by atoms with Crippen LogP contribution in [0, 0.1) is 0 Å². The van der Waals surface area contributed by atoms with Gasteiger partial charge in [0.2, 0.25) is 5.78 Å². The third-order valence-corrected chi connectivity index (χ3v) is 5.42. The molecule has 8 heteroatoms. The van der Waals surface area contributed by atoms with Gasteiger partial charge in [0, 0.05) is 14.1 Å². The lowest BCUT2D eigenvalue weighted by Gasteiger charge is -2.12. The highest BCUT2D eigenvalue weighted by Crippen LogP contribution is 2.33. The van der Waals surface area contributed by atoms with Gasteiger partial charge in [-0.05, 0) is 40.8 Å². The van der Waals surface area contributed by atoms with Crippen LogP contribution in [0.15, 0.2) is 39.9 Å². The van der Waals surface area contributed by atoms with Gasteiger partial charge in [-0.15, -0.1) is 0 Å². The topological polar surface area (TPSA) is 113 Å². The molecule has 2 aromatic carbocycles. The molecule has 0 aliphatic heterocycles. The van der Waals surface area contributed by atoms with Crippen molar-refractivity contribution in [2.24, 2.45) is 14.1 Å². The lowest BCUT2D eigenvalue weighted by Crippen LogP contribution is -2.42. The van der Waals surface area contributed by atoms with Crippen molar-refractivity contribution in [2.45, 2.75) is 12.8 Å². The summed E-state index contributed by atoms with van der Waals surface area (Å²) in [5.41, 5.74) is 6.67. The van der Waals surface area contributed by atoms with Gasteiger partial charge in [0.1, 0.15) is 11.4 Å². The van der Waals surface area contributed by atoms with E-state index in [0.29, 0.717) is 5.56 Å². The number of anilines is 1. The minimum Gasteiger partial charge on any atom is -0.454 e. The first kappa shape index (κ1) is 18.7. The lowest BCUT2D eigenvalue weighted by molar-refractivity contribution is 0.0476. The first-order chi connectivity index (χ1) is 13.8. The number of aryl methyl sites for hydroxylation is 2. The van der Waals surface area contributed by atoms with Crippen molar-refractivity contribution in [2.75, 3.05) is 12.3 Å². The van der Waals surface area contributed by atoms with Crippen molar-refractivity contribution in [1.29, 1.82) is 0 Å². The molecule has 1 aliphatic carbocycles. The Morgan fingerprint density at radius 3 is 2.45 bits per heavy atom. The maximum Gasteiger partial charge on any atom is 0.339 e. The normalized spacial score (nSPS) is 12.3. The molecule has 4 rings (SSSR count). The van der Waals surface area contributed by atoms with Crippen molar-refractivity contribution in [1.82, 2.24) is 9.13 Å². The van der Waals surface area contributed by atoms with Gasteiger partial charge in [-0.1, -0.05) is 24.3 Å². The number of carbonyl (C=O) groups is 2. The van der Waals surface area contributed by atoms with Crippen LogP contribution in [0.3, 0.4) is 0 Å².